The molecule has 1 saturated heterocycles. The average molecular weight is 333 g/mol. The number of benzene rings is 1. The second kappa shape index (κ2) is 5.66. The highest BCUT2D eigenvalue weighted by Gasteiger charge is 2.45. The second-order valence-corrected chi connectivity index (χ2v) is 7.37. The van der Waals surface area contributed by atoms with Crippen molar-refractivity contribution in [1.29, 1.82) is 5.26 Å². The molecule has 1 aliphatic heterocycles. The van der Waals surface area contributed by atoms with Crippen LogP contribution >= 0.6 is 0 Å². The van der Waals surface area contributed by atoms with Gasteiger partial charge in [0, 0.05) is 12.5 Å². The van der Waals surface area contributed by atoms with E-state index in [1.54, 1.807) is 0 Å². The fourth-order valence-corrected chi connectivity index (χ4v) is 3.75. The summed E-state index contributed by atoms with van der Waals surface area (Å²) < 4.78 is 26.6. The highest BCUT2D eigenvalue weighted by atomic mass is 32.2. The van der Waals surface area contributed by atoms with Gasteiger partial charge in [0.15, 0.2) is 0 Å². The smallest absolute Gasteiger partial charge is 0.264 e. The molecule has 1 aliphatic carbocycles. The summed E-state index contributed by atoms with van der Waals surface area (Å²) in [6.45, 7) is 0. The Labute approximate surface area is 133 Å². The van der Waals surface area contributed by atoms with Gasteiger partial charge >= 0.3 is 0 Å². The Kier molecular flexibility index (Phi) is 3.82. The topological polar surface area (TPSA) is 107 Å². The summed E-state index contributed by atoms with van der Waals surface area (Å²) in [6.07, 6.45) is 2.32. The van der Waals surface area contributed by atoms with Gasteiger partial charge in [-0.2, -0.15) is 5.26 Å². The Balaban J connectivity index is 1.75. The van der Waals surface area contributed by atoms with Crippen LogP contribution in [0.1, 0.15) is 31.2 Å². The monoisotopic (exact) mass is 333 g/mol. The number of rotatable bonds is 4. The van der Waals surface area contributed by atoms with Crippen molar-refractivity contribution in [2.45, 2.75) is 42.7 Å². The molecule has 1 unspecified atom stereocenters. The fraction of sp³-hybridized carbons (Fsp3) is 0.400. The van der Waals surface area contributed by atoms with Gasteiger partial charge in [0.25, 0.3) is 15.9 Å². The first-order valence-corrected chi connectivity index (χ1v) is 8.78. The maximum absolute atomic E-state index is 12.3. The van der Waals surface area contributed by atoms with Crippen molar-refractivity contribution in [3.8, 4) is 6.07 Å². The second-order valence-electron chi connectivity index (χ2n) is 5.69. The summed E-state index contributed by atoms with van der Waals surface area (Å²) in [5, 5.41) is 8.73. The molecular formula is C15H15N3O4S. The number of likely N-dealkylation sites (tertiary alicyclic amines) is 1. The van der Waals surface area contributed by atoms with Crippen molar-refractivity contribution in [3.63, 3.8) is 0 Å². The van der Waals surface area contributed by atoms with E-state index in [9.17, 15) is 18.0 Å². The molecule has 1 N–H and O–H groups in total. The van der Waals surface area contributed by atoms with Gasteiger partial charge in [0.05, 0.1) is 16.5 Å². The first-order chi connectivity index (χ1) is 10.9. The van der Waals surface area contributed by atoms with Gasteiger partial charge in [0.1, 0.15) is 6.04 Å². The molecule has 23 heavy (non-hydrogen) atoms. The molecule has 1 aromatic carbocycles. The van der Waals surface area contributed by atoms with Crippen molar-refractivity contribution in [2.75, 3.05) is 0 Å². The lowest BCUT2D eigenvalue weighted by atomic mass is 10.2. The molecular weight excluding hydrogens is 318 g/mol. The van der Waals surface area contributed by atoms with Gasteiger partial charge in [0.2, 0.25) is 5.91 Å². The molecule has 1 aromatic rings. The molecule has 120 valence electrons. The van der Waals surface area contributed by atoms with Crippen molar-refractivity contribution in [1.82, 2.24) is 9.62 Å². The number of hydrogen-bond acceptors (Lipinski definition) is 5. The normalized spacial score (nSPS) is 21.1. The van der Waals surface area contributed by atoms with E-state index in [0.29, 0.717) is 12.0 Å². The minimum Gasteiger partial charge on any atom is -0.328 e. The summed E-state index contributed by atoms with van der Waals surface area (Å²) in [4.78, 5) is 25.6. The molecule has 0 bridgehead atoms. The number of nitrogens with one attached hydrogen (secondary N) is 1. The zero-order valence-corrected chi connectivity index (χ0v) is 13.0. The molecule has 2 fully saturated rings. The third kappa shape index (κ3) is 3.05. The van der Waals surface area contributed by atoms with Crippen LogP contribution in [0.2, 0.25) is 0 Å². The number of carbonyl (C=O) groups excluding carboxylic acids is 2. The predicted molar refractivity (Wildman–Crippen MR) is 79.4 cm³/mol. The summed E-state index contributed by atoms with van der Waals surface area (Å²) >= 11 is 0. The Morgan fingerprint density at radius 1 is 1.22 bits per heavy atom. The number of hydrogen-bond donors (Lipinski definition) is 1. The van der Waals surface area contributed by atoms with Crippen molar-refractivity contribution in [2.24, 2.45) is 0 Å². The average Bonchev–Trinajstić information content (AvgIpc) is 3.29. The molecule has 0 aromatic heterocycles. The lowest BCUT2D eigenvalue weighted by Gasteiger charge is -2.23. The molecule has 0 radical (unpaired) electrons. The summed E-state index contributed by atoms with van der Waals surface area (Å²) in [7, 11) is -4.02. The maximum Gasteiger partial charge on any atom is 0.264 e. The Bertz CT molecular complexity index is 791. The number of amides is 2. The molecule has 0 spiro atoms. The van der Waals surface area contributed by atoms with Crippen molar-refractivity contribution >= 4 is 21.8 Å². The molecule has 1 saturated carbocycles. The minimum atomic E-state index is -4.02. The highest BCUT2D eigenvalue weighted by Crippen LogP contribution is 2.34. The number of nitrogens with zero attached hydrogens (tertiary/aromatic N) is 2. The molecule has 1 atom stereocenters. The number of nitriles is 1. The minimum absolute atomic E-state index is 0.0679. The van der Waals surface area contributed by atoms with Gasteiger partial charge in [-0.05, 0) is 43.5 Å². The van der Waals surface area contributed by atoms with Crippen LogP contribution in [0.15, 0.2) is 29.2 Å². The fourth-order valence-electron chi connectivity index (χ4n) is 2.74. The van der Waals surface area contributed by atoms with Gasteiger partial charge in [-0.15, -0.1) is 0 Å². The third-order valence-corrected chi connectivity index (χ3v) is 5.39. The SMILES string of the molecule is N#Cc1ccc(S(=O)(=O)NC(=O)C2CCC(=O)N2C2CC2)cc1. The zero-order valence-electron chi connectivity index (χ0n) is 12.2. The van der Waals surface area contributed by atoms with Crippen LogP contribution in [-0.2, 0) is 19.6 Å². The van der Waals surface area contributed by atoms with Crippen LogP contribution in [0, 0.1) is 11.3 Å². The quantitative estimate of drug-likeness (QED) is 0.864. The molecule has 2 amide bonds. The van der Waals surface area contributed by atoms with E-state index in [4.69, 9.17) is 5.26 Å². The van der Waals surface area contributed by atoms with Crippen molar-refractivity contribution in [3.05, 3.63) is 29.8 Å². The first kappa shape index (κ1) is 15.5. The lowest BCUT2D eigenvalue weighted by Crippen LogP contribution is -2.47. The van der Waals surface area contributed by atoms with E-state index in [2.05, 4.69) is 0 Å². The number of carbonyl (C=O) groups is 2. The van der Waals surface area contributed by atoms with Crippen LogP contribution in [0.5, 0.6) is 0 Å². The molecule has 7 nitrogen and oxygen atoms in total. The van der Waals surface area contributed by atoms with Gasteiger partial charge in [-0.25, -0.2) is 13.1 Å². The molecule has 8 heteroatoms. The van der Waals surface area contributed by atoms with E-state index in [1.807, 2.05) is 10.8 Å². The van der Waals surface area contributed by atoms with Gasteiger partial charge < -0.3 is 4.90 Å². The molecule has 2 aliphatic rings. The van der Waals surface area contributed by atoms with E-state index in [1.165, 1.54) is 29.2 Å². The van der Waals surface area contributed by atoms with E-state index < -0.39 is 22.0 Å². The first-order valence-electron chi connectivity index (χ1n) is 7.30. The standard InChI is InChI=1S/C15H15N3O4S/c16-9-10-1-5-12(6-2-10)23(21,22)17-15(20)13-7-8-14(19)18(13)11-3-4-11/h1-2,5-6,11,13H,3-4,7-8H2,(H,17,20). The van der Waals surface area contributed by atoms with E-state index in [-0.39, 0.29) is 23.3 Å². The summed E-state index contributed by atoms with van der Waals surface area (Å²) in [6, 6.07) is 6.52. The highest BCUT2D eigenvalue weighted by molar-refractivity contribution is 7.90. The van der Waals surface area contributed by atoms with Crippen LogP contribution in [0.3, 0.4) is 0 Å². The number of sulfonamides is 1. The summed E-state index contributed by atoms with van der Waals surface area (Å²) in [5.74, 6) is -0.768. The predicted octanol–water partition coefficient (Wildman–Crippen LogP) is 0.517. The van der Waals surface area contributed by atoms with Crippen LogP contribution in [-0.4, -0.2) is 37.2 Å². The van der Waals surface area contributed by atoms with Crippen LogP contribution in [0.25, 0.3) is 0 Å². The Morgan fingerprint density at radius 2 is 1.87 bits per heavy atom. The van der Waals surface area contributed by atoms with Crippen LogP contribution < -0.4 is 4.72 Å². The van der Waals surface area contributed by atoms with Gasteiger partial charge in [-0.1, -0.05) is 0 Å². The third-order valence-electron chi connectivity index (χ3n) is 4.03. The Morgan fingerprint density at radius 3 is 2.43 bits per heavy atom. The molecule has 1 heterocycles. The van der Waals surface area contributed by atoms with E-state index in [0.717, 1.165) is 12.8 Å². The van der Waals surface area contributed by atoms with Crippen LogP contribution in [0.4, 0.5) is 0 Å². The maximum atomic E-state index is 12.3. The van der Waals surface area contributed by atoms with E-state index >= 15 is 0 Å². The van der Waals surface area contributed by atoms with Crippen molar-refractivity contribution < 1.29 is 18.0 Å². The van der Waals surface area contributed by atoms with Gasteiger partial charge in [-0.3, -0.25) is 9.59 Å². The largest absolute Gasteiger partial charge is 0.328 e. The Hall–Kier alpha value is -2.40. The summed E-state index contributed by atoms with van der Waals surface area (Å²) in [5.41, 5.74) is 0.330. The lowest BCUT2D eigenvalue weighted by molar-refractivity contribution is -0.135. The zero-order chi connectivity index (χ0) is 16.6. The molecule has 3 rings (SSSR count).